The molecule has 1 atom stereocenters. The lowest BCUT2D eigenvalue weighted by Gasteiger charge is -2.04. The highest BCUT2D eigenvalue weighted by molar-refractivity contribution is 5.59. The minimum Gasteiger partial charge on any atom is -0.342 e. The predicted octanol–water partition coefficient (Wildman–Crippen LogP) is 2.59. The monoisotopic (exact) mass is 233 g/mol. The molecule has 3 nitrogen and oxygen atoms in total. The van der Waals surface area contributed by atoms with Gasteiger partial charge in [0, 0.05) is 18.0 Å². The van der Waals surface area contributed by atoms with Crippen LogP contribution >= 0.6 is 0 Å². The van der Waals surface area contributed by atoms with Crippen molar-refractivity contribution >= 4 is 0 Å². The van der Waals surface area contributed by atoms with Crippen molar-refractivity contribution < 1.29 is 4.39 Å². The second kappa shape index (κ2) is 4.67. The maximum absolute atomic E-state index is 13.2. The summed E-state index contributed by atoms with van der Waals surface area (Å²) in [7, 11) is 0. The van der Waals surface area contributed by atoms with Crippen molar-refractivity contribution in [2.45, 2.75) is 19.8 Å². The van der Waals surface area contributed by atoms with E-state index in [9.17, 15) is 4.39 Å². The van der Waals surface area contributed by atoms with Crippen LogP contribution < -0.4 is 5.73 Å². The van der Waals surface area contributed by atoms with Crippen molar-refractivity contribution in [1.82, 2.24) is 9.97 Å². The number of imidazole rings is 1. The van der Waals surface area contributed by atoms with Crippen LogP contribution in [-0.2, 0) is 0 Å². The standard InChI is InChI=1S/C13H16FN3/c1-8-5-10(3-4-11(8)14)12-7-16-13(17-12)9(2)6-15/h3-5,7,9H,6,15H2,1-2H3,(H,16,17). The van der Waals surface area contributed by atoms with Crippen LogP contribution in [0, 0.1) is 12.7 Å². The molecule has 17 heavy (non-hydrogen) atoms. The van der Waals surface area contributed by atoms with Gasteiger partial charge >= 0.3 is 0 Å². The van der Waals surface area contributed by atoms with E-state index in [-0.39, 0.29) is 11.7 Å². The summed E-state index contributed by atoms with van der Waals surface area (Å²) in [6.45, 7) is 4.31. The number of rotatable bonds is 3. The zero-order valence-electron chi connectivity index (χ0n) is 10.00. The van der Waals surface area contributed by atoms with E-state index in [4.69, 9.17) is 5.73 Å². The number of H-pyrrole nitrogens is 1. The Morgan fingerprint density at radius 1 is 1.47 bits per heavy atom. The minimum atomic E-state index is -0.191. The van der Waals surface area contributed by atoms with Crippen LogP contribution in [0.4, 0.5) is 4.39 Å². The summed E-state index contributed by atoms with van der Waals surface area (Å²) in [5.41, 5.74) is 8.05. The Balaban J connectivity index is 2.33. The molecule has 1 aromatic heterocycles. The Labute approximate surface area is 99.9 Å². The van der Waals surface area contributed by atoms with E-state index in [0.717, 1.165) is 17.1 Å². The van der Waals surface area contributed by atoms with Gasteiger partial charge in [-0.3, -0.25) is 0 Å². The fraction of sp³-hybridized carbons (Fsp3) is 0.308. The molecule has 0 saturated heterocycles. The Kier molecular flexibility index (Phi) is 3.24. The summed E-state index contributed by atoms with van der Waals surface area (Å²) < 4.78 is 13.2. The quantitative estimate of drug-likeness (QED) is 0.856. The van der Waals surface area contributed by atoms with Crippen LogP contribution in [0.1, 0.15) is 24.2 Å². The Morgan fingerprint density at radius 3 is 2.88 bits per heavy atom. The lowest BCUT2D eigenvalue weighted by molar-refractivity contribution is 0.619. The van der Waals surface area contributed by atoms with Crippen molar-refractivity contribution in [3.63, 3.8) is 0 Å². The summed E-state index contributed by atoms with van der Waals surface area (Å²) >= 11 is 0. The Bertz CT molecular complexity index is 519. The zero-order valence-corrected chi connectivity index (χ0v) is 10.00. The van der Waals surface area contributed by atoms with E-state index in [1.54, 1.807) is 25.3 Å². The highest BCUT2D eigenvalue weighted by Gasteiger charge is 2.09. The first-order valence-corrected chi connectivity index (χ1v) is 5.63. The lowest BCUT2D eigenvalue weighted by Crippen LogP contribution is -2.10. The molecule has 1 aromatic carbocycles. The van der Waals surface area contributed by atoms with Gasteiger partial charge in [0.15, 0.2) is 0 Å². The average molecular weight is 233 g/mol. The molecule has 2 rings (SSSR count). The number of nitrogens with one attached hydrogen (secondary N) is 1. The Morgan fingerprint density at radius 2 is 2.24 bits per heavy atom. The van der Waals surface area contributed by atoms with E-state index in [1.807, 2.05) is 6.92 Å². The third-order valence-corrected chi connectivity index (χ3v) is 2.88. The van der Waals surface area contributed by atoms with E-state index in [2.05, 4.69) is 9.97 Å². The van der Waals surface area contributed by atoms with E-state index in [0.29, 0.717) is 12.1 Å². The second-order valence-electron chi connectivity index (χ2n) is 4.28. The average Bonchev–Trinajstić information content (AvgIpc) is 2.81. The number of benzene rings is 1. The highest BCUT2D eigenvalue weighted by atomic mass is 19.1. The van der Waals surface area contributed by atoms with E-state index < -0.39 is 0 Å². The molecule has 1 unspecified atom stereocenters. The predicted molar refractivity (Wildman–Crippen MR) is 66.2 cm³/mol. The van der Waals surface area contributed by atoms with Gasteiger partial charge in [0.2, 0.25) is 0 Å². The minimum absolute atomic E-state index is 0.191. The summed E-state index contributed by atoms with van der Waals surface area (Å²) in [5, 5.41) is 0. The third-order valence-electron chi connectivity index (χ3n) is 2.88. The van der Waals surface area contributed by atoms with Gasteiger partial charge in [-0.25, -0.2) is 9.37 Å². The zero-order chi connectivity index (χ0) is 12.4. The van der Waals surface area contributed by atoms with Gasteiger partial charge in [-0.05, 0) is 30.7 Å². The van der Waals surface area contributed by atoms with Crippen LogP contribution in [-0.4, -0.2) is 16.5 Å². The fourth-order valence-electron chi connectivity index (χ4n) is 1.66. The van der Waals surface area contributed by atoms with Gasteiger partial charge in [0.1, 0.15) is 11.6 Å². The van der Waals surface area contributed by atoms with Crippen LogP contribution in [0.5, 0.6) is 0 Å². The first-order chi connectivity index (χ1) is 8.11. The molecule has 90 valence electrons. The first kappa shape index (κ1) is 11.8. The molecule has 0 aliphatic carbocycles. The third kappa shape index (κ3) is 2.36. The molecule has 3 N–H and O–H groups in total. The molecular formula is C13H16FN3. The SMILES string of the molecule is Cc1cc(-c2cnc(C(C)CN)[nH]2)ccc1F. The highest BCUT2D eigenvalue weighted by Crippen LogP contribution is 2.21. The maximum atomic E-state index is 13.2. The molecule has 0 spiro atoms. The number of aromatic amines is 1. The number of nitrogens with two attached hydrogens (primary N) is 1. The molecule has 2 aromatic rings. The smallest absolute Gasteiger partial charge is 0.126 e. The number of nitrogens with zero attached hydrogens (tertiary/aromatic N) is 1. The topological polar surface area (TPSA) is 54.7 Å². The normalized spacial score (nSPS) is 12.7. The molecule has 0 bridgehead atoms. The van der Waals surface area contributed by atoms with E-state index >= 15 is 0 Å². The van der Waals surface area contributed by atoms with Gasteiger partial charge < -0.3 is 10.7 Å². The van der Waals surface area contributed by atoms with Crippen LogP contribution in [0.15, 0.2) is 24.4 Å². The molecule has 4 heteroatoms. The van der Waals surface area contributed by atoms with Crippen molar-refractivity contribution in [3.8, 4) is 11.3 Å². The summed E-state index contributed by atoms with van der Waals surface area (Å²) in [5.74, 6) is 0.874. The first-order valence-electron chi connectivity index (χ1n) is 5.63. The van der Waals surface area contributed by atoms with Gasteiger partial charge in [0.25, 0.3) is 0 Å². The maximum Gasteiger partial charge on any atom is 0.126 e. The van der Waals surface area contributed by atoms with Gasteiger partial charge in [0.05, 0.1) is 11.9 Å². The van der Waals surface area contributed by atoms with Crippen molar-refractivity contribution in [2.24, 2.45) is 5.73 Å². The van der Waals surface area contributed by atoms with Crippen molar-refractivity contribution in [3.05, 3.63) is 41.6 Å². The number of hydrogen-bond acceptors (Lipinski definition) is 2. The lowest BCUT2D eigenvalue weighted by atomic mass is 10.1. The second-order valence-corrected chi connectivity index (χ2v) is 4.28. The molecule has 0 fully saturated rings. The number of hydrogen-bond donors (Lipinski definition) is 2. The number of halogens is 1. The van der Waals surface area contributed by atoms with E-state index in [1.165, 1.54) is 6.07 Å². The summed E-state index contributed by atoms with van der Waals surface area (Å²) in [6, 6.07) is 5.02. The molecule has 0 radical (unpaired) electrons. The number of aryl methyl sites for hydroxylation is 1. The fourth-order valence-corrected chi connectivity index (χ4v) is 1.66. The molecule has 0 saturated carbocycles. The van der Waals surface area contributed by atoms with Crippen LogP contribution in [0.2, 0.25) is 0 Å². The molecule has 0 aliphatic heterocycles. The molecular weight excluding hydrogens is 217 g/mol. The Hall–Kier alpha value is -1.68. The van der Waals surface area contributed by atoms with Crippen LogP contribution in [0.25, 0.3) is 11.3 Å². The van der Waals surface area contributed by atoms with Crippen molar-refractivity contribution in [1.29, 1.82) is 0 Å². The van der Waals surface area contributed by atoms with Gasteiger partial charge in [-0.1, -0.05) is 6.92 Å². The molecule has 1 heterocycles. The van der Waals surface area contributed by atoms with Crippen molar-refractivity contribution in [2.75, 3.05) is 6.54 Å². The summed E-state index contributed by atoms with van der Waals surface area (Å²) in [4.78, 5) is 7.50. The number of aromatic nitrogens is 2. The van der Waals surface area contributed by atoms with Gasteiger partial charge in [-0.15, -0.1) is 0 Å². The molecule has 0 amide bonds. The molecule has 0 aliphatic rings. The van der Waals surface area contributed by atoms with Gasteiger partial charge in [-0.2, -0.15) is 0 Å². The largest absolute Gasteiger partial charge is 0.342 e. The van der Waals surface area contributed by atoms with Crippen LogP contribution in [0.3, 0.4) is 0 Å². The summed E-state index contributed by atoms with van der Waals surface area (Å²) in [6.07, 6.45) is 1.76.